The Morgan fingerprint density at radius 2 is 1.70 bits per heavy atom. The molecular weight excluding hydrogens is 418 g/mol. The van der Waals surface area contributed by atoms with Gasteiger partial charge in [0.2, 0.25) is 0 Å². The normalized spacial score (nSPS) is 19.3. The van der Waals surface area contributed by atoms with E-state index in [1.807, 2.05) is 16.6 Å². The van der Waals surface area contributed by atoms with Crippen molar-refractivity contribution in [3.05, 3.63) is 35.7 Å². The highest BCUT2D eigenvalue weighted by Crippen LogP contribution is 2.37. The van der Waals surface area contributed by atoms with E-state index in [0.29, 0.717) is 6.04 Å². The van der Waals surface area contributed by atoms with E-state index in [1.54, 1.807) is 7.11 Å². The minimum absolute atomic E-state index is 0.0952. The van der Waals surface area contributed by atoms with Crippen LogP contribution in [0.2, 0.25) is 0 Å². The number of hydrogen-bond donors (Lipinski definition) is 0. The number of hydrogen-bond acceptors (Lipinski definition) is 8. The Morgan fingerprint density at radius 1 is 0.909 bits per heavy atom. The van der Waals surface area contributed by atoms with Gasteiger partial charge < -0.3 is 4.74 Å². The van der Waals surface area contributed by atoms with Crippen LogP contribution in [0.3, 0.4) is 0 Å². The number of tetrazole rings is 2. The Balaban J connectivity index is 1.54. The lowest BCUT2D eigenvalue weighted by Gasteiger charge is -2.35. The van der Waals surface area contributed by atoms with Gasteiger partial charge in [0.05, 0.1) is 18.7 Å². The van der Waals surface area contributed by atoms with Crippen molar-refractivity contribution in [2.75, 3.05) is 20.2 Å². The SMILES string of the molecule is COc1ccc2cc(C(c3nnnn3C3CCCCC3)N3CCCCC3)c3nnnn3c2c1. The summed E-state index contributed by atoms with van der Waals surface area (Å²) in [4.78, 5) is 2.51. The summed E-state index contributed by atoms with van der Waals surface area (Å²) in [6.07, 6.45) is 9.62. The van der Waals surface area contributed by atoms with E-state index >= 15 is 0 Å². The van der Waals surface area contributed by atoms with Crippen molar-refractivity contribution in [3.8, 4) is 5.75 Å². The molecule has 33 heavy (non-hydrogen) atoms. The van der Waals surface area contributed by atoms with Gasteiger partial charge in [-0.2, -0.15) is 4.52 Å². The predicted molar refractivity (Wildman–Crippen MR) is 122 cm³/mol. The standard InChI is InChI=1S/C23H29N9O/c1-33-18-11-10-16-14-19(22-24-26-29-32(22)20(16)15-18)21(30-12-6-3-7-13-30)23-25-27-28-31(23)17-8-4-2-5-9-17/h10-11,14-15,17,21H,2-9,12-13H2,1H3. The van der Waals surface area contributed by atoms with Crippen LogP contribution >= 0.6 is 0 Å². The van der Waals surface area contributed by atoms with Crippen molar-refractivity contribution in [1.82, 2.24) is 45.1 Å². The van der Waals surface area contributed by atoms with Crippen LogP contribution in [0.5, 0.6) is 5.75 Å². The molecule has 10 heteroatoms. The highest BCUT2D eigenvalue weighted by Gasteiger charge is 2.34. The zero-order valence-electron chi connectivity index (χ0n) is 19.0. The predicted octanol–water partition coefficient (Wildman–Crippen LogP) is 3.35. The number of pyridine rings is 1. The summed E-state index contributed by atoms with van der Waals surface area (Å²) in [5, 5.41) is 27.1. The van der Waals surface area contributed by atoms with Gasteiger partial charge in [-0.15, -0.1) is 10.2 Å². The lowest BCUT2D eigenvalue weighted by atomic mass is 9.94. The Hall–Kier alpha value is -3.14. The number of fused-ring (bicyclic) bond motifs is 3. The molecule has 6 rings (SSSR count). The van der Waals surface area contributed by atoms with Gasteiger partial charge >= 0.3 is 0 Å². The van der Waals surface area contributed by atoms with E-state index in [0.717, 1.165) is 59.6 Å². The first-order valence-corrected chi connectivity index (χ1v) is 12.0. The lowest BCUT2D eigenvalue weighted by molar-refractivity contribution is 0.173. The smallest absolute Gasteiger partial charge is 0.185 e. The van der Waals surface area contributed by atoms with Gasteiger partial charge in [-0.3, -0.25) is 4.90 Å². The number of methoxy groups -OCH3 is 1. The fourth-order valence-corrected chi connectivity index (χ4v) is 5.56. The van der Waals surface area contributed by atoms with Crippen molar-refractivity contribution in [3.63, 3.8) is 0 Å². The summed E-state index contributed by atoms with van der Waals surface area (Å²) >= 11 is 0. The largest absolute Gasteiger partial charge is 0.497 e. The van der Waals surface area contributed by atoms with Crippen LogP contribution in [0.15, 0.2) is 24.3 Å². The highest BCUT2D eigenvalue weighted by molar-refractivity contribution is 5.84. The van der Waals surface area contributed by atoms with Crippen LogP contribution in [0.4, 0.5) is 0 Å². The van der Waals surface area contributed by atoms with Crippen molar-refractivity contribution in [2.24, 2.45) is 0 Å². The van der Waals surface area contributed by atoms with Gasteiger partial charge in [-0.1, -0.05) is 25.7 Å². The molecule has 0 N–H and O–H groups in total. The van der Waals surface area contributed by atoms with E-state index in [9.17, 15) is 0 Å². The fraction of sp³-hybridized carbons (Fsp3) is 0.565. The minimum atomic E-state index is -0.0952. The zero-order chi connectivity index (χ0) is 22.2. The number of nitrogens with zero attached hydrogens (tertiary/aromatic N) is 9. The zero-order valence-corrected chi connectivity index (χ0v) is 19.0. The third-order valence-electron chi connectivity index (χ3n) is 7.24. The first kappa shape index (κ1) is 20.5. The molecule has 1 atom stereocenters. The van der Waals surface area contributed by atoms with Gasteiger partial charge in [-0.25, -0.2) is 4.68 Å². The quantitative estimate of drug-likeness (QED) is 0.459. The van der Waals surface area contributed by atoms with Crippen LogP contribution in [0.1, 0.15) is 74.8 Å². The number of aromatic nitrogens is 8. The minimum Gasteiger partial charge on any atom is -0.497 e. The van der Waals surface area contributed by atoms with Crippen LogP contribution in [-0.2, 0) is 0 Å². The van der Waals surface area contributed by atoms with Gasteiger partial charge in [0, 0.05) is 17.0 Å². The molecule has 0 amide bonds. The van der Waals surface area contributed by atoms with E-state index in [-0.39, 0.29) is 6.04 Å². The maximum atomic E-state index is 5.44. The van der Waals surface area contributed by atoms with E-state index < -0.39 is 0 Å². The Kier molecular flexibility index (Phi) is 5.37. The van der Waals surface area contributed by atoms with E-state index in [4.69, 9.17) is 4.74 Å². The van der Waals surface area contributed by atoms with Crippen LogP contribution < -0.4 is 4.74 Å². The summed E-state index contributed by atoms with van der Waals surface area (Å²) in [5.74, 6) is 1.68. The lowest BCUT2D eigenvalue weighted by Crippen LogP contribution is -2.37. The number of piperidine rings is 1. The molecule has 0 radical (unpaired) electrons. The summed E-state index contributed by atoms with van der Waals surface area (Å²) < 4.78 is 9.35. The maximum absolute atomic E-state index is 5.44. The molecular formula is C23H29N9O. The van der Waals surface area contributed by atoms with Crippen molar-refractivity contribution < 1.29 is 4.74 Å². The molecule has 1 saturated carbocycles. The van der Waals surface area contributed by atoms with E-state index in [2.05, 4.69) is 52.8 Å². The highest BCUT2D eigenvalue weighted by atomic mass is 16.5. The molecule has 0 spiro atoms. The van der Waals surface area contributed by atoms with E-state index in [1.165, 1.54) is 38.5 Å². The van der Waals surface area contributed by atoms with Crippen molar-refractivity contribution >= 4 is 16.6 Å². The number of ether oxygens (including phenoxy) is 1. The maximum Gasteiger partial charge on any atom is 0.185 e. The molecule has 0 bridgehead atoms. The Morgan fingerprint density at radius 3 is 2.52 bits per heavy atom. The summed E-state index contributed by atoms with van der Waals surface area (Å²) in [5.41, 5.74) is 2.71. The molecule has 3 aromatic heterocycles. The third-order valence-corrected chi connectivity index (χ3v) is 7.24. The average molecular weight is 448 g/mol. The fourth-order valence-electron chi connectivity index (χ4n) is 5.56. The first-order chi connectivity index (χ1) is 16.3. The van der Waals surface area contributed by atoms with Crippen LogP contribution in [-0.4, -0.2) is 65.3 Å². The second-order valence-electron chi connectivity index (χ2n) is 9.21. The summed E-state index contributed by atoms with van der Waals surface area (Å²) in [7, 11) is 1.67. The molecule has 1 unspecified atom stereocenters. The molecule has 1 saturated heterocycles. The molecule has 10 nitrogen and oxygen atoms in total. The van der Waals surface area contributed by atoms with Gasteiger partial charge in [-0.05, 0) is 77.8 Å². The van der Waals surface area contributed by atoms with Gasteiger partial charge in [0.25, 0.3) is 0 Å². The molecule has 1 aliphatic carbocycles. The number of likely N-dealkylation sites (tertiary alicyclic amines) is 1. The van der Waals surface area contributed by atoms with Crippen molar-refractivity contribution in [2.45, 2.75) is 63.5 Å². The number of rotatable bonds is 5. The second kappa shape index (κ2) is 8.66. The average Bonchev–Trinajstić information content (AvgIpc) is 3.56. The third kappa shape index (κ3) is 3.62. The Bertz CT molecular complexity index is 1250. The molecule has 1 aliphatic heterocycles. The topological polar surface area (TPSA) is 99.2 Å². The molecule has 2 aliphatic rings. The summed E-state index contributed by atoms with van der Waals surface area (Å²) in [6.45, 7) is 2.02. The molecule has 4 heterocycles. The first-order valence-electron chi connectivity index (χ1n) is 12.0. The van der Waals surface area contributed by atoms with Gasteiger partial charge in [0.1, 0.15) is 11.8 Å². The molecule has 4 aromatic rings. The van der Waals surface area contributed by atoms with Crippen molar-refractivity contribution in [1.29, 1.82) is 0 Å². The second-order valence-corrected chi connectivity index (χ2v) is 9.21. The monoisotopic (exact) mass is 447 g/mol. The summed E-state index contributed by atoms with van der Waals surface area (Å²) in [6, 6.07) is 8.49. The molecule has 172 valence electrons. The Labute approximate surface area is 191 Å². The van der Waals surface area contributed by atoms with Gasteiger partial charge in [0.15, 0.2) is 11.5 Å². The van der Waals surface area contributed by atoms with Crippen LogP contribution in [0, 0.1) is 0 Å². The van der Waals surface area contributed by atoms with Crippen LogP contribution in [0.25, 0.3) is 16.6 Å². The molecule has 2 fully saturated rings. The molecule has 1 aromatic carbocycles. The number of benzene rings is 1.